The molecule has 29 heavy (non-hydrogen) atoms. The molecule has 2 saturated heterocycles. The zero-order valence-electron chi connectivity index (χ0n) is 16.8. The smallest absolute Gasteiger partial charge is 0.311 e. The molecule has 154 valence electrons. The zero-order chi connectivity index (χ0) is 20.8. The van der Waals surface area contributed by atoms with Gasteiger partial charge < -0.3 is 14.5 Å². The molecule has 0 aromatic heterocycles. The van der Waals surface area contributed by atoms with Crippen LogP contribution in [0, 0.1) is 5.92 Å². The number of methoxy groups -OCH3 is 1. The van der Waals surface area contributed by atoms with E-state index < -0.39 is 17.4 Å². The van der Waals surface area contributed by atoms with E-state index in [4.69, 9.17) is 4.74 Å². The highest BCUT2D eigenvalue weighted by Gasteiger charge is 2.57. The molecule has 4 rings (SSSR count). The molecule has 0 radical (unpaired) electrons. The number of fused-ring (bicyclic) bond motifs is 1. The van der Waals surface area contributed by atoms with Crippen molar-refractivity contribution >= 4 is 23.6 Å². The Hall–Kier alpha value is -2.70. The second kappa shape index (κ2) is 7.28. The maximum Gasteiger partial charge on any atom is 0.311 e. The van der Waals surface area contributed by atoms with Crippen molar-refractivity contribution < 1.29 is 23.9 Å². The monoisotopic (exact) mass is 398 g/mol. The SMILES string of the molecule is CCN1C(=O)CC(C(=O)OC)C12CCN(C(=O)C1CC(=O)c3ccccc31)CC2. The summed E-state index contributed by atoms with van der Waals surface area (Å²) in [4.78, 5) is 53.9. The molecule has 0 bridgehead atoms. The summed E-state index contributed by atoms with van der Waals surface area (Å²) in [5.74, 6) is -1.35. The van der Waals surface area contributed by atoms with Crippen molar-refractivity contribution in [2.75, 3.05) is 26.7 Å². The van der Waals surface area contributed by atoms with E-state index in [-0.39, 0.29) is 36.4 Å². The van der Waals surface area contributed by atoms with Crippen LogP contribution < -0.4 is 0 Å². The fourth-order valence-electron chi connectivity index (χ4n) is 5.48. The van der Waals surface area contributed by atoms with Crippen LogP contribution in [-0.2, 0) is 19.1 Å². The van der Waals surface area contributed by atoms with E-state index >= 15 is 0 Å². The molecule has 0 N–H and O–H groups in total. The van der Waals surface area contributed by atoms with Gasteiger partial charge in [-0.3, -0.25) is 19.2 Å². The molecule has 1 spiro atoms. The average Bonchev–Trinajstić information content (AvgIpc) is 3.22. The van der Waals surface area contributed by atoms with Gasteiger partial charge in [-0.25, -0.2) is 0 Å². The maximum atomic E-state index is 13.2. The number of likely N-dealkylation sites (tertiary alicyclic amines) is 2. The Bertz CT molecular complexity index is 870. The molecule has 1 aromatic rings. The molecule has 0 saturated carbocycles. The first-order chi connectivity index (χ1) is 13.9. The van der Waals surface area contributed by atoms with E-state index in [0.717, 1.165) is 5.56 Å². The first-order valence-electron chi connectivity index (χ1n) is 10.2. The van der Waals surface area contributed by atoms with Crippen molar-refractivity contribution in [3.05, 3.63) is 35.4 Å². The van der Waals surface area contributed by atoms with Crippen LogP contribution in [0.2, 0.25) is 0 Å². The number of benzene rings is 1. The number of rotatable bonds is 3. The number of hydrogen-bond donors (Lipinski definition) is 0. The Kier molecular flexibility index (Phi) is 4.92. The van der Waals surface area contributed by atoms with E-state index in [2.05, 4.69) is 0 Å². The van der Waals surface area contributed by atoms with Crippen LogP contribution in [0.4, 0.5) is 0 Å². The predicted molar refractivity (Wildman–Crippen MR) is 104 cm³/mol. The number of hydrogen-bond acceptors (Lipinski definition) is 5. The van der Waals surface area contributed by atoms with Gasteiger partial charge in [0.1, 0.15) is 0 Å². The molecule has 2 heterocycles. The predicted octanol–water partition coefficient (Wildman–Crippen LogP) is 1.76. The van der Waals surface area contributed by atoms with Crippen LogP contribution >= 0.6 is 0 Å². The number of Topliss-reactive ketones (excluding diaryl/α,β-unsaturated/α-hetero) is 1. The van der Waals surface area contributed by atoms with Gasteiger partial charge in [-0.1, -0.05) is 24.3 Å². The Balaban J connectivity index is 1.53. The largest absolute Gasteiger partial charge is 0.469 e. The summed E-state index contributed by atoms with van der Waals surface area (Å²) in [6, 6.07) is 7.31. The summed E-state index contributed by atoms with van der Waals surface area (Å²) >= 11 is 0. The molecule has 2 aliphatic heterocycles. The summed E-state index contributed by atoms with van der Waals surface area (Å²) in [6.45, 7) is 3.37. The lowest BCUT2D eigenvalue weighted by Gasteiger charge is -2.47. The third-order valence-electron chi connectivity index (χ3n) is 6.93. The molecule has 7 nitrogen and oxygen atoms in total. The first-order valence-corrected chi connectivity index (χ1v) is 10.2. The summed E-state index contributed by atoms with van der Waals surface area (Å²) in [5.41, 5.74) is 0.865. The van der Waals surface area contributed by atoms with E-state index in [0.29, 0.717) is 38.0 Å². The molecule has 3 aliphatic rings. The van der Waals surface area contributed by atoms with Crippen molar-refractivity contribution in [2.45, 2.75) is 44.1 Å². The number of esters is 1. The van der Waals surface area contributed by atoms with E-state index in [1.54, 1.807) is 15.9 Å². The summed E-state index contributed by atoms with van der Waals surface area (Å²) in [7, 11) is 1.35. The lowest BCUT2D eigenvalue weighted by molar-refractivity contribution is -0.151. The summed E-state index contributed by atoms with van der Waals surface area (Å²) in [6.07, 6.45) is 1.46. The Morgan fingerprint density at radius 3 is 2.48 bits per heavy atom. The van der Waals surface area contributed by atoms with Crippen LogP contribution in [0.1, 0.15) is 54.4 Å². The second-order valence-electron chi connectivity index (χ2n) is 8.11. The quantitative estimate of drug-likeness (QED) is 0.725. The highest BCUT2D eigenvalue weighted by atomic mass is 16.5. The topological polar surface area (TPSA) is 84.0 Å². The van der Waals surface area contributed by atoms with Crippen LogP contribution in [0.15, 0.2) is 24.3 Å². The molecule has 2 atom stereocenters. The van der Waals surface area contributed by atoms with Crippen molar-refractivity contribution in [1.29, 1.82) is 0 Å². The van der Waals surface area contributed by atoms with E-state index in [1.807, 2.05) is 25.1 Å². The number of amides is 2. The minimum atomic E-state index is -0.584. The highest BCUT2D eigenvalue weighted by Crippen LogP contribution is 2.45. The zero-order valence-corrected chi connectivity index (χ0v) is 16.8. The van der Waals surface area contributed by atoms with Gasteiger partial charge in [-0.2, -0.15) is 0 Å². The maximum absolute atomic E-state index is 13.2. The summed E-state index contributed by atoms with van der Waals surface area (Å²) < 4.78 is 4.97. The van der Waals surface area contributed by atoms with Crippen LogP contribution in [0.25, 0.3) is 0 Å². The van der Waals surface area contributed by atoms with Crippen LogP contribution in [-0.4, -0.2) is 65.6 Å². The number of piperidine rings is 1. The fourth-order valence-corrected chi connectivity index (χ4v) is 5.48. The standard InChI is InChI=1S/C22H26N2O5/c1-3-24-19(26)13-17(21(28)29-2)22(24)8-10-23(11-9-22)20(27)16-12-18(25)15-7-5-4-6-14(15)16/h4-7,16-17H,3,8-13H2,1-2H3. The first kappa shape index (κ1) is 19.6. The Morgan fingerprint density at radius 1 is 1.14 bits per heavy atom. The molecule has 7 heteroatoms. The van der Waals surface area contributed by atoms with E-state index in [1.165, 1.54) is 7.11 Å². The molecule has 2 fully saturated rings. The molecule has 2 amide bonds. The highest BCUT2D eigenvalue weighted by molar-refractivity contribution is 6.06. The Labute approximate surface area is 170 Å². The number of ketones is 1. The van der Waals surface area contributed by atoms with Crippen molar-refractivity contribution in [3.63, 3.8) is 0 Å². The number of nitrogens with zero attached hydrogens (tertiary/aromatic N) is 2. The second-order valence-corrected chi connectivity index (χ2v) is 8.11. The van der Waals surface area contributed by atoms with Crippen molar-refractivity contribution in [3.8, 4) is 0 Å². The van der Waals surface area contributed by atoms with Gasteiger partial charge in [0.15, 0.2) is 5.78 Å². The molecule has 1 aromatic carbocycles. The van der Waals surface area contributed by atoms with Crippen molar-refractivity contribution in [1.82, 2.24) is 9.80 Å². The number of ether oxygens (including phenoxy) is 1. The molecular formula is C22H26N2O5. The van der Waals surface area contributed by atoms with Crippen LogP contribution in [0.5, 0.6) is 0 Å². The summed E-state index contributed by atoms with van der Waals surface area (Å²) in [5, 5.41) is 0. The fraction of sp³-hybridized carbons (Fsp3) is 0.545. The molecular weight excluding hydrogens is 372 g/mol. The lowest BCUT2D eigenvalue weighted by atomic mass is 9.76. The van der Waals surface area contributed by atoms with Gasteiger partial charge in [0.2, 0.25) is 11.8 Å². The molecule has 2 unspecified atom stereocenters. The van der Waals surface area contributed by atoms with Gasteiger partial charge in [-0.05, 0) is 25.3 Å². The van der Waals surface area contributed by atoms with E-state index in [9.17, 15) is 19.2 Å². The third kappa shape index (κ3) is 2.94. The average molecular weight is 398 g/mol. The van der Waals surface area contributed by atoms with Gasteiger partial charge in [0, 0.05) is 38.0 Å². The minimum Gasteiger partial charge on any atom is -0.469 e. The van der Waals surface area contributed by atoms with Crippen molar-refractivity contribution in [2.24, 2.45) is 5.92 Å². The Morgan fingerprint density at radius 2 is 1.83 bits per heavy atom. The normalized spacial score (nSPS) is 25.4. The van der Waals surface area contributed by atoms with Gasteiger partial charge in [0.25, 0.3) is 0 Å². The lowest BCUT2D eigenvalue weighted by Crippen LogP contribution is -2.58. The van der Waals surface area contributed by atoms with Gasteiger partial charge in [0.05, 0.1) is 24.5 Å². The minimum absolute atomic E-state index is 0.0109. The number of carbonyl (C=O) groups excluding carboxylic acids is 4. The van der Waals surface area contributed by atoms with Gasteiger partial charge in [-0.15, -0.1) is 0 Å². The third-order valence-corrected chi connectivity index (χ3v) is 6.93. The van der Waals surface area contributed by atoms with Gasteiger partial charge >= 0.3 is 5.97 Å². The number of carbonyl (C=O) groups is 4. The molecule has 1 aliphatic carbocycles. The van der Waals surface area contributed by atoms with Crippen LogP contribution in [0.3, 0.4) is 0 Å².